The van der Waals surface area contributed by atoms with Crippen molar-refractivity contribution in [3.05, 3.63) is 35.4 Å². The van der Waals surface area contributed by atoms with Crippen LogP contribution in [0.2, 0.25) is 0 Å². The lowest BCUT2D eigenvalue weighted by molar-refractivity contribution is 0.123. The fourth-order valence-corrected chi connectivity index (χ4v) is 3.48. The van der Waals surface area contributed by atoms with E-state index < -0.39 is 0 Å². The first-order valence-electron chi connectivity index (χ1n) is 7.51. The minimum atomic E-state index is 0.150. The van der Waals surface area contributed by atoms with Gasteiger partial charge in [0.1, 0.15) is 0 Å². The molecule has 1 fully saturated rings. The topological polar surface area (TPSA) is 38.5 Å². The number of fused-ring (bicyclic) bond motifs is 1. The molecule has 1 aliphatic carbocycles. The van der Waals surface area contributed by atoms with Gasteiger partial charge in [0.25, 0.3) is 0 Å². The normalized spacial score (nSPS) is 29.3. The lowest BCUT2D eigenvalue weighted by Gasteiger charge is -2.34. The summed E-state index contributed by atoms with van der Waals surface area (Å²) in [4.78, 5) is 2.56. The van der Waals surface area contributed by atoms with E-state index in [1.54, 1.807) is 0 Å². The summed E-state index contributed by atoms with van der Waals surface area (Å²) < 4.78 is 5.57. The minimum absolute atomic E-state index is 0.150. The second-order valence-electron chi connectivity index (χ2n) is 5.69. The van der Waals surface area contributed by atoms with E-state index in [1.807, 2.05) is 0 Å². The van der Waals surface area contributed by atoms with E-state index in [1.165, 1.54) is 30.4 Å². The fourth-order valence-electron chi connectivity index (χ4n) is 3.48. The smallest absolute Gasteiger partial charge is 0.0593 e. The maximum atomic E-state index is 6.59. The third-order valence-corrected chi connectivity index (χ3v) is 4.50. The molecule has 2 unspecified atom stereocenters. The lowest BCUT2D eigenvalue weighted by atomic mass is 9.96. The Morgan fingerprint density at radius 2 is 2.00 bits per heavy atom. The third kappa shape index (κ3) is 2.83. The molecule has 19 heavy (non-hydrogen) atoms. The Hall–Kier alpha value is -0.900. The van der Waals surface area contributed by atoms with Gasteiger partial charge in [-0.25, -0.2) is 0 Å². The van der Waals surface area contributed by atoms with Crippen LogP contribution in [-0.2, 0) is 11.2 Å². The molecule has 2 aliphatic rings. The number of ether oxygens (including phenoxy) is 1. The van der Waals surface area contributed by atoms with Crippen LogP contribution in [0.5, 0.6) is 0 Å². The van der Waals surface area contributed by atoms with Crippen LogP contribution in [-0.4, -0.2) is 37.2 Å². The molecule has 0 saturated carbocycles. The van der Waals surface area contributed by atoms with Crippen molar-refractivity contribution in [2.24, 2.45) is 5.73 Å². The van der Waals surface area contributed by atoms with Crippen LogP contribution in [0.4, 0.5) is 0 Å². The van der Waals surface area contributed by atoms with E-state index in [0.717, 1.165) is 32.7 Å². The molecular formula is C16H24N2O. The molecule has 0 spiro atoms. The zero-order valence-corrected chi connectivity index (χ0v) is 11.6. The lowest BCUT2D eigenvalue weighted by Crippen LogP contribution is -2.43. The van der Waals surface area contributed by atoms with E-state index in [9.17, 15) is 0 Å². The molecule has 1 aromatic rings. The number of rotatable bonds is 1. The van der Waals surface area contributed by atoms with Crippen molar-refractivity contribution in [2.75, 3.05) is 26.3 Å². The fraction of sp³-hybridized carbons (Fsp3) is 0.625. The highest BCUT2D eigenvalue weighted by Crippen LogP contribution is 2.30. The average molecular weight is 260 g/mol. The zero-order chi connectivity index (χ0) is 13.1. The van der Waals surface area contributed by atoms with Crippen LogP contribution < -0.4 is 5.73 Å². The van der Waals surface area contributed by atoms with Gasteiger partial charge in [-0.05, 0) is 36.8 Å². The molecule has 3 nitrogen and oxygen atoms in total. The summed E-state index contributed by atoms with van der Waals surface area (Å²) in [6.45, 7) is 3.90. The predicted molar refractivity (Wildman–Crippen MR) is 77.1 cm³/mol. The van der Waals surface area contributed by atoms with Crippen molar-refractivity contribution in [3.8, 4) is 0 Å². The molecule has 2 atom stereocenters. The van der Waals surface area contributed by atoms with Gasteiger partial charge < -0.3 is 10.5 Å². The number of nitrogens with zero attached hydrogens (tertiary/aromatic N) is 1. The molecule has 1 heterocycles. The molecule has 0 amide bonds. The van der Waals surface area contributed by atoms with Gasteiger partial charge in [0.05, 0.1) is 6.61 Å². The summed E-state index contributed by atoms with van der Waals surface area (Å²) in [5.41, 5.74) is 9.39. The van der Waals surface area contributed by atoms with Crippen LogP contribution >= 0.6 is 0 Å². The van der Waals surface area contributed by atoms with Crippen molar-refractivity contribution in [3.63, 3.8) is 0 Å². The largest absolute Gasteiger partial charge is 0.380 e. The Morgan fingerprint density at radius 3 is 2.95 bits per heavy atom. The standard InChI is InChI=1S/C16H24N2O/c17-16-14-7-2-1-5-13(14)6-3-8-15(16)18-9-4-11-19-12-10-18/h1-2,5,7,15-16H,3-4,6,8-12,17H2. The van der Waals surface area contributed by atoms with Gasteiger partial charge in [0.2, 0.25) is 0 Å². The summed E-state index contributed by atoms with van der Waals surface area (Å²) in [5.74, 6) is 0. The quantitative estimate of drug-likeness (QED) is 0.786. The van der Waals surface area contributed by atoms with Crippen molar-refractivity contribution in [2.45, 2.75) is 37.8 Å². The van der Waals surface area contributed by atoms with Crippen molar-refractivity contribution < 1.29 is 4.74 Å². The van der Waals surface area contributed by atoms with E-state index in [-0.39, 0.29) is 6.04 Å². The molecule has 1 saturated heterocycles. The summed E-state index contributed by atoms with van der Waals surface area (Å²) in [6.07, 6.45) is 4.75. The molecule has 1 aromatic carbocycles. The van der Waals surface area contributed by atoms with Gasteiger partial charge in [-0.3, -0.25) is 4.90 Å². The molecule has 0 bridgehead atoms. The number of aryl methyl sites for hydroxylation is 1. The van der Waals surface area contributed by atoms with Crippen molar-refractivity contribution >= 4 is 0 Å². The zero-order valence-electron chi connectivity index (χ0n) is 11.6. The van der Waals surface area contributed by atoms with Crippen LogP contribution in [0, 0.1) is 0 Å². The van der Waals surface area contributed by atoms with Crippen LogP contribution in [0.25, 0.3) is 0 Å². The van der Waals surface area contributed by atoms with Gasteiger partial charge >= 0.3 is 0 Å². The highest BCUT2D eigenvalue weighted by atomic mass is 16.5. The van der Waals surface area contributed by atoms with E-state index in [0.29, 0.717) is 6.04 Å². The van der Waals surface area contributed by atoms with Gasteiger partial charge in [-0.1, -0.05) is 24.3 Å². The Morgan fingerprint density at radius 1 is 1.11 bits per heavy atom. The van der Waals surface area contributed by atoms with Crippen LogP contribution in [0.15, 0.2) is 24.3 Å². The minimum Gasteiger partial charge on any atom is -0.380 e. The average Bonchev–Trinajstić information content (AvgIpc) is 2.79. The molecule has 1 aliphatic heterocycles. The molecule has 2 N–H and O–H groups in total. The first-order chi connectivity index (χ1) is 9.36. The number of nitrogens with two attached hydrogens (primary N) is 1. The Bertz CT molecular complexity index is 413. The van der Waals surface area contributed by atoms with E-state index in [2.05, 4.69) is 29.2 Å². The molecule has 0 radical (unpaired) electrons. The summed E-state index contributed by atoms with van der Waals surface area (Å²) in [7, 11) is 0. The maximum absolute atomic E-state index is 6.59. The molecule has 3 heteroatoms. The van der Waals surface area contributed by atoms with Gasteiger partial charge in [0.15, 0.2) is 0 Å². The summed E-state index contributed by atoms with van der Waals surface area (Å²) in [5, 5.41) is 0. The highest BCUT2D eigenvalue weighted by molar-refractivity contribution is 5.32. The third-order valence-electron chi connectivity index (χ3n) is 4.50. The Labute approximate surface area is 115 Å². The Kier molecular flexibility index (Phi) is 4.16. The van der Waals surface area contributed by atoms with Gasteiger partial charge in [-0.15, -0.1) is 0 Å². The van der Waals surface area contributed by atoms with Gasteiger partial charge in [-0.2, -0.15) is 0 Å². The first-order valence-corrected chi connectivity index (χ1v) is 7.51. The summed E-state index contributed by atoms with van der Waals surface area (Å²) in [6, 6.07) is 9.33. The number of hydrogen-bond donors (Lipinski definition) is 1. The molecule has 104 valence electrons. The highest BCUT2D eigenvalue weighted by Gasteiger charge is 2.29. The predicted octanol–water partition coefficient (Wildman–Crippen LogP) is 2.11. The van der Waals surface area contributed by atoms with Crippen LogP contribution in [0.1, 0.15) is 36.4 Å². The van der Waals surface area contributed by atoms with Crippen molar-refractivity contribution in [1.82, 2.24) is 4.90 Å². The number of hydrogen-bond acceptors (Lipinski definition) is 3. The van der Waals surface area contributed by atoms with E-state index in [4.69, 9.17) is 10.5 Å². The molecule has 0 aromatic heterocycles. The SMILES string of the molecule is NC1c2ccccc2CCCC1N1CCCOCC1. The maximum Gasteiger partial charge on any atom is 0.0593 e. The van der Waals surface area contributed by atoms with Gasteiger partial charge in [0, 0.05) is 31.8 Å². The second kappa shape index (κ2) is 6.04. The van der Waals surface area contributed by atoms with E-state index >= 15 is 0 Å². The summed E-state index contributed by atoms with van der Waals surface area (Å²) >= 11 is 0. The molecule has 3 rings (SSSR count). The first kappa shape index (κ1) is 13.1. The monoisotopic (exact) mass is 260 g/mol. The van der Waals surface area contributed by atoms with Crippen molar-refractivity contribution in [1.29, 1.82) is 0 Å². The van der Waals surface area contributed by atoms with Crippen LogP contribution in [0.3, 0.4) is 0 Å². The number of benzene rings is 1. The molecular weight excluding hydrogens is 236 g/mol. The Balaban J connectivity index is 1.82. The second-order valence-corrected chi connectivity index (χ2v) is 5.69.